The van der Waals surface area contributed by atoms with Gasteiger partial charge >= 0.3 is 0 Å². The molecule has 1 atom stereocenters. The Morgan fingerprint density at radius 1 is 1.11 bits per heavy atom. The van der Waals surface area contributed by atoms with Gasteiger partial charge in [0.25, 0.3) is 5.56 Å². The summed E-state index contributed by atoms with van der Waals surface area (Å²) in [6.07, 6.45) is 1.04. The van der Waals surface area contributed by atoms with E-state index >= 15 is 0 Å². The molecule has 3 nitrogen and oxygen atoms in total. The topological polar surface area (TPSA) is 42.2 Å². The van der Waals surface area contributed by atoms with Crippen LogP contribution in [0.4, 0.5) is 0 Å². The summed E-state index contributed by atoms with van der Waals surface area (Å²) < 4.78 is 1.55. The van der Waals surface area contributed by atoms with Gasteiger partial charge in [-0.2, -0.15) is 0 Å². The zero-order chi connectivity index (χ0) is 14.0. The Bertz CT molecular complexity index is 643. The molecule has 1 aromatic heterocycles. The molecular formula is C16H19NO2. The van der Waals surface area contributed by atoms with Crippen molar-refractivity contribution in [2.24, 2.45) is 0 Å². The molecule has 2 rings (SSSR count). The van der Waals surface area contributed by atoms with Gasteiger partial charge in [-0.25, -0.2) is 0 Å². The maximum atomic E-state index is 11.9. The van der Waals surface area contributed by atoms with Crippen LogP contribution in [0.2, 0.25) is 0 Å². The zero-order valence-corrected chi connectivity index (χ0v) is 11.6. The summed E-state index contributed by atoms with van der Waals surface area (Å²) in [5.41, 5.74) is 3.83. The van der Waals surface area contributed by atoms with E-state index in [1.165, 1.54) is 5.56 Å². The third kappa shape index (κ3) is 2.93. The fourth-order valence-corrected chi connectivity index (χ4v) is 2.06. The van der Waals surface area contributed by atoms with Gasteiger partial charge in [0, 0.05) is 11.8 Å². The van der Waals surface area contributed by atoms with Crippen molar-refractivity contribution in [1.29, 1.82) is 0 Å². The van der Waals surface area contributed by atoms with E-state index < -0.39 is 6.10 Å². The average Bonchev–Trinajstić information content (AvgIpc) is 2.38. The van der Waals surface area contributed by atoms with Crippen molar-refractivity contribution in [3.63, 3.8) is 0 Å². The minimum atomic E-state index is -0.668. The number of aromatic nitrogens is 1. The van der Waals surface area contributed by atoms with Gasteiger partial charge in [-0.15, -0.1) is 0 Å². The lowest BCUT2D eigenvalue weighted by molar-refractivity contribution is 0.155. The van der Waals surface area contributed by atoms with Crippen molar-refractivity contribution in [1.82, 2.24) is 4.57 Å². The Morgan fingerprint density at radius 2 is 1.84 bits per heavy atom. The lowest BCUT2D eigenvalue weighted by atomic mass is 10.0. The van der Waals surface area contributed by atoms with Crippen molar-refractivity contribution in [2.45, 2.75) is 33.4 Å². The first-order valence-electron chi connectivity index (χ1n) is 6.40. The molecule has 0 aliphatic heterocycles. The Morgan fingerprint density at radius 3 is 2.53 bits per heavy atom. The van der Waals surface area contributed by atoms with E-state index in [0.29, 0.717) is 5.56 Å². The molecule has 0 radical (unpaired) electrons. The molecule has 2 aromatic rings. The van der Waals surface area contributed by atoms with Crippen LogP contribution in [-0.2, 0) is 6.54 Å². The number of aliphatic hydroxyl groups excluding tert-OH is 1. The maximum Gasteiger partial charge on any atom is 0.253 e. The van der Waals surface area contributed by atoms with Gasteiger partial charge in [0.15, 0.2) is 0 Å². The molecule has 0 aliphatic carbocycles. The number of benzene rings is 1. The van der Waals surface area contributed by atoms with E-state index in [1.807, 2.05) is 38.1 Å². The van der Waals surface area contributed by atoms with Crippen molar-refractivity contribution in [3.8, 4) is 0 Å². The van der Waals surface area contributed by atoms with Crippen LogP contribution in [0, 0.1) is 20.8 Å². The fraction of sp³-hybridized carbons (Fsp3) is 0.312. The first kappa shape index (κ1) is 13.6. The maximum absolute atomic E-state index is 11.9. The van der Waals surface area contributed by atoms with Crippen LogP contribution in [0.25, 0.3) is 0 Å². The number of hydrogen-bond donors (Lipinski definition) is 1. The lowest BCUT2D eigenvalue weighted by Gasteiger charge is -2.14. The second-order valence-electron chi connectivity index (χ2n) is 5.01. The number of hydrogen-bond acceptors (Lipinski definition) is 2. The predicted molar refractivity (Wildman–Crippen MR) is 76.3 cm³/mol. The predicted octanol–water partition coefficient (Wildman–Crippen LogP) is 2.51. The molecule has 3 heteroatoms. The van der Waals surface area contributed by atoms with E-state index in [1.54, 1.807) is 23.8 Å². The van der Waals surface area contributed by atoms with Crippen molar-refractivity contribution in [3.05, 3.63) is 69.1 Å². The summed E-state index contributed by atoms with van der Waals surface area (Å²) in [4.78, 5) is 11.9. The summed E-state index contributed by atoms with van der Waals surface area (Å²) in [7, 11) is 0. The van der Waals surface area contributed by atoms with Gasteiger partial charge in [0.05, 0.1) is 12.6 Å². The molecule has 0 amide bonds. The highest BCUT2D eigenvalue weighted by molar-refractivity contribution is 5.31. The van der Waals surface area contributed by atoms with E-state index in [0.717, 1.165) is 11.1 Å². The smallest absolute Gasteiger partial charge is 0.253 e. The van der Waals surface area contributed by atoms with Crippen molar-refractivity contribution >= 4 is 0 Å². The van der Waals surface area contributed by atoms with E-state index in [-0.39, 0.29) is 12.1 Å². The van der Waals surface area contributed by atoms with Gasteiger partial charge in [-0.1, -0.05) is 24.3 Å². The SMILES string of the molecule is Cc1ccc(C(O)Cn2cccc(C)c2=O)cc1C. The summed E-state index contributed by atoms with van der Waals surface area (Å²) in [5.74, 6) is 0. The van der Waals surface area contributed by atoms with E-state index in [9.17, 15) is 9.90 Å². The second kappa shape index (κ2) is 5.41. The average molecular weight is 257 g/mol. The summed E-state index contributed by atoms with van der Waals surface area (Å²) in [6.45, 7) is 6.12. The van der Waals surface area contributed by atoms with Crippen LogP contribution in [0.5, 0.6) is 0 Å². The fourth-order valence-electron chi connectivity index (χ4n) is 2.06. The minimum absolute atomic E-state index is 0.0506. The Balaban J connectivity index is 2.25. The highest BCUT2D eigenvalue weighted by Gasteiger charge is 2.10. The molecule has 1 N–H and O–H groups in total. The Kier molecular flexibility index (Phi) is 3.86. The molecule has 0 saturated carbocycles. The molecule has 0 spiro atoms. The largest absolute Gasteiger partial charge is 0.387 e. The third-order valence-corrected chi connectivity index (χ3v) is 3.50. The highest BCUT2D eigenvalue weighted by Crippen LogP contribution is 2.18. The standard InChI is InChI=1S/C16H19NO2/c1-11-6-7-14(9-13(11)3)15(18)10-17-8-4-5-12(2)16(17)19/h4-9,15,18H,10H2,1-3H3. The number of aliphatic hydroxyl groups is 1. The van der Waals surface area contributed by atoms with Gasteiger partial charge in [0.2, 0.25) is 0 Å². The Hall–Kier alpha value is -1.87. The molecular weight excluding hydrogens is 238 g/mol. The van der Waals surface area contributed by atoms with Crippen molar-refractivity contribution in [2.75, 3.05) is 0 Å². The monoisotopic (exact) mass is 257 g/mol. The molecule has 1 aromatic carbocycles. The first-order valence-corrected chi connectivity index (χ1v) is 6.40. The summed E-state index contributed by atoms with van der Waals surface area (Å²) in [5, 5.41) is 10.2. The van der Waals surface area contributed by atoms with Crippen LogP contribution in [0.1, 0.15) is 28.4 Å². The van der Waals surface area contributed by atoms with Gasteiger partial charge in [-0.05, 0) is 43.5 Å². The number of nitrogens with zero attached hydrogens (tertiary/aromatic N) is 1. The number of aryl methyl sites for hydroxylation is 3. The van der Waals surface area contributed by atoms with Crippen LogP contribution < -0.4 is 5.56 Å². The van der Waals surface area contributed by atoms with Crippen LogP contribution in [0.15, 0.2) is 41.3 Å². The third-order valence-electron chi connectivity index (χ3n) is 3.50. The lowest BCUT2D eigenvalue weighted by Crippen LogP contribution is -2.24. The molecule has 19 heavy (non-hydrogen) atoms. The second-order valence-corrected chi connectivity index (χ2v) is 5.01. The van der Waals surface area contributed by atoms with Gasteiger partial charge < -0.3 is 9.67 Å². The molecule has 0 bridgehead atoms. The van der Waals surface area contributed by atoms with Crippen molar-refractivity contribution < 1.29 is 5.11 Å². The minimum Gasteiger partial charge on any atom is -0.387 e. The normalized spacial score (nSPS) is 12.4. The molecule has 0 fully saturated rings. The highest BCUT2D eigenvalue weighted by atomic mass is 16.3. The van der Waals surface area contributed by atoms with Gasteiger partial charge in [-0.3, -0.25) is 4.79 Å². The van der Waals surface area contributed by atoms with Crippen LogP contribution >= 0.6 is 0 Å². The quantitative estimate of drug-likeness (QED) is 0.918. The molecule has 1 heterocycles. The molecule has 0 saturated heterocycles. The van der Waals surface area contributed by atoms with Crippen LogP contribution in [-0.4, -0.2) is 9.67 Å². The zero-order valence-electron chi connectivity index (χ0n) is 11.6. The molecule has 100 valence electrons. The van der Waals surface area contributed by atoms with Gasteiger partial charge in [0.1, 0.15) is 0 Å². The molecule has 0 aliphatic rings. The number of pyridine rings is 1. The van der Waals surface area contributed by atoms with E-state index in [4.69, 9.17) is 0 Å². The first-order chi connectivity index (χ1) is 8.99. The van der Waals surface area contributed by atoms with E-state index in [2.05, 4.69) is 0 Å². The van der Waals surface area contributed by atoms with Crippen LogP contribution in [0.3, 0.4) is 0 Å². The molecule has 1 unspecified atom stereocenters. The summed E-state index contributed by atoms with van der Waals surface area (Å²) in [6, 6.07) is 9.48. The Labute approximate surface area is 113 Å². The number of rotatable bonds is 3. The summed E-state index contributed by atoms with van der Waals surface area (Å²) >= 11 is 0.